The van der Waals surface area contributed by atoms with Gasteiger partial charge in [-0.1, -0.05) is 0 Å². The molecule has 1 fully saturated rings. The van der Waals surface area contributed by atoms with E-state index in [0.29, 0.717) is 11.0 Å². The molecular formula is C14H19N3O5S2. The second-order valence-corrected chi connectivity index (χ2v) is 10.4. The second kappa shape index (κ2) is 5.17. The fourth-order valence-corrected chi connectivity index (χ4v) is 6.77. The number of imidazole rings is 1. The van der Waals surface area contributed by atoms with Crippen molar-refractivity contribution < 1.29 is 16.8 Å². The molecule has 1 unspecified atom stereocenters. The standard InChI is InChI=1S/C14H19N3O5S2/c1-14(6-7-23(19,20)9-14)15-24(21,22)10-4-5-11-12(8-10)17(3)13(18)16(11)2/h4-5,8,15H,6-7,9H2,1-3H3. The van der Waals surface area contributed by atoms with E-state index in [9.17, 15) is 21.6 Å². The summed E-state index contributed by atoms with van der Waals surface area (Å²) in [6.07, 6.45) is 0.237. The minimum absolute atomic E-state index is 0.00160. The zero-order valence-electron chi connectivity index (χ0n) is 13.6. The van der Waals surface area contributed by atoms with Crippen molar-refractivity contribution in [2.45, 2.75) is 23.8 Å². The van der Waals surface area contributed by atoms with Crippen molar-refractivity contribution in [2.75, 3.05) is 11.5 Å². The number of sulfone groups is 1. The summed E-state index contributed by atoms with van der Waals surface area (Å²) in [6.45, 7) is 1.59. The number of aromatic nitrogens is 2. The van der Waals surface area contributed by atoms with Gasteiger partial charge < -0.3 is 0 Å². The Kier molecular flexibility index (Phi) is 3.70. The highest BCUT2D eigenvalue weighted by atomic mass is 32.2. The first-order valence-electron chi connectivity index (χ1n) is 7.34. The molecule has 0 radical (unpaired) electrons. The summed E-state index contributed by atoms with van der Waals surface area (Å²) in [6, 6.07) is 4.40. The van der Waals surface area contributed by atoms with Crippen molar-refractivity contribution in [1.29, 1.82) is 0 Å². The molecule has 1 saturated heterocycles. The van der Waals surface area contributed by atoms with Gasteiger partial charge in [0, 0.05) is 19.6 Å². The van der Waals surface area contributed by atoms with E-state index in [1.807, 2.05) is 0 Å². The quantitative estimate of drug-likeness (QED) is 0.797. The molecule has 10 heteroatoms. The average molecular weight is 373 g/mol. The SMILES string of the molecule is Cn1c(=O)n(C)c2cc(S(=O)(=O)NC3(C)CCS(=O)(=O)C3)ccc21. The Balaban J connectivity index is 2.03. The van der Waals surface area contributed by atoms with Crippen molar-refractivity contribution in [3.63, 3.8) is 0 Å². The van der Waals surface area contributed by atoms with Crippen LogP contribution in [0.2, 0.25) is 0 Å². The van der Waals surface area contributed by atoms with Crippen LogP contribution in [0.15, 0.2) is 27.9 Å². The Bertz CT molecular complexity index is 1100. The highest BCUT2D eigenvalue weighted by molar-refractivity contribution is 7.92. The zero-order chi connectivity index (χ0) is 17.9. The van der Waals surface area contributed by atoms with Crippen LogP contribution in [0, 0.1) is 0 Å². The smallest absolute Gasteiger partial charge is 0.295 e. The summed E-state index contributed by atoms with van der Waals surface area (Å²) >= 11 is 0. The first-order valence-corrected chi connectivity index (χ1v) is 10.6. The lowest BCUT2D eigenvalue weighted by Crippen LogP contribution is -2.46. The molecule has 0 spiro atoms. The number of hydrogen-bond donors (Lipinski definition) is 1. The monoisotopic (exact) mass is 373 g/mol. The Morgan fingerprint density at radius 1 is 1.17 bits per heavy atom. The van der Waals surface area contributed by atoms with Crippen LogP contribution in [0.25, 0.3) is 11.0 Å². The average Bonchev–Trinajstić information content (AvgIpc) is 2.87. The van der Waals surface area contributed by atoms with Crippen molar-refractivity contribution in [3.05, 3.63) is 28.7 Å². The molecule has 1 aliphatic rings. The number of benzene rings is 1. The largest absolute Gasteiger partial charge is 0.328 e. The highest BCUT2D eigenvalue weighted by Gasteiger charge is 2.41. The fourth-order valence-electron chi connectivity index (χ4n) is 3.13. The maximum absolute atomic E-state index is 12.7. The fraction of sp³-hybridized carbons (Fsp3) is 0.500. The normalized spacial score (nSPS) is 23.8. The predicted molar refractivity (Wildman–Crippen MR) is 90.2 cm³/mol. The molecule has 8 nitrogen and oxygen atoms in total. The van der Waals surface area contributed by atoms with Crippen molar-refractivity contribution in [1.82, 2.24) is 13.9 Å². The minimum atomic E-state index is -3.90. The van der Waals surface area contributed by atoms with E-state index < -0.39 is 25.4 Å². The third-order valence-corrected chi connectivity index (χ3v) is 7.98. The Morgan fingerprint density at radius 3 is 2.38 bits per heavy atom. The topological polar surface area (TPSA) is 107 Å². The number of hydrogen-bond acceptors (Lipinski definition) is 5. The minimum Gasteiger partial charge on any atom is -0.295 e. The van der Waals surface area contributed by atoms with Crippen molar-refractivity contribution >= 4 is 30.9 Å². The maximum atomic E-state index is 12.7. The van der Waals surface area contributed by atoms with Crippen LogP contribution >= 0.6 is 0 Å². The number of nitrogens with zero attached hydrogens (tertiary/aromatic N) is 2. The maximum Gasteiger partial charge on any atom is 0.328 e. The molecule has 132 valence electrons. The van der Waals surface area contributed by atoms with Gasteiger partial charge in [0.25, 0.3) is 0 Å². The molecule has 3 rings (SSSR count). The summed E-state index contributed by atoms with van der Waals surface area (Å²) < 4.78 is 53.9. The van der Waals surface area contributed by atoms with E-state index in [-0.39, 0.29) is 28.5 Å². The van der Waals surface area contributed by atoms with Gasteiger partial charge in [-0.3, -0.25) is 9.13 Å². The third-order valence-electron chi connectivity index (χ3n) is 4.44. The summed E-state index contributed by atoms with van der Waals surface area (Å²) in [5.41, 5.74) is -0.151. The lowest BCUT2D eigenvalue weighted by atomic mass is 10.0. The van der Waals surface area contributed by atoms with Crippen LogP contribution in [0.5, 0.6) is 0 Å². The number of sulfonamides is 1. The van der Waals surface area contributed by atoms with Gasteiger partial charge in [-0.05, 0) is 31.5 Å². The molecule has 24 heavy (non-hydrogen) atoms. The van der Waals surface area contributed by atoms with Crippen LogP contribution in [0.3, 0.4) is 0 Å². The van der Waals surface area contributed by atoms with Crippen molar-refractivity contribution in [2.24, 2.45) is 14.1 Å². The lowest BCUT2D eigenvalue weighted by Gasteiger charge is -2.23. The molecule has 2 heterocycles. The molecule has 1 N–H and O–H groups in total. The first-order chi connectivity index (χ1) is 10.9. The Hall–Kier alpha value is -1.65. The molecule has 2 aromatic rings. The van der Waals surface area contributed by atoms with E-state index in [2.05, 4.69) is 4.72 Å². The first kappa shape index (κ1) is 17.2. The van der Waals surface area contributed by atoms with Crippen LogP contribution in [-0.2, 0) is 34.0 Å². The van der Waals surface area contributed by atoms with Gasteiger partial charge in [-0.2, -0.15) is 0 Å². The van der Waals surface area contributed by atoms with Gasteiger partial charge in [0.2, 0.25) is 10.0 Å². The molecule has 1 aliphatic heterocycles. The van der Waals surface area contributed by atoms with Crippen LogP contribution in [-0.4, -0.2) is 43.0 Å². The van der Waals surface area contributed by atoms with E-state index in [1.54, 1.807) is 27.1 Å². The zero-order valence-corrected chi connectivity index (χ0v) is 15.2. The van der Waals surface area contributed by atoms with Crippen LogP contribution in [0.4, 0.5) is 0 Å². The Morgan fingerprint density at radius 2 is 1.79 bits per heavy atom. The van der Waals surface area contributed by atoms with Gasteiger partial charge in [-0.15, -0.1) is 0 Å². The molecule has 0 aliphatic carbocycles. The summed E-state index contributed by atoms with van der Waals surface area (Å²) in [4.78, 5) is 11.9. The number of rotatable bonds is 3. The van der Waals surface area contributed by atoms with Crippen LogP contribution < -0.4 is 10.4 Å². The van der Waals surface area contributed by atoms with E-state index in [0.717, 1.165) is 0 Å². The van der Waals surface area contributed by atoms with E-state index >= 15 is 0 Å². The molecule has 1 aromatic heterocycles. The van der Waals surface area contributed by atoms with Gasteiger partial charge >= 0.3 is 5.69 Å². The van der Waals surface area contributed by atoms with Gasteiger partial charge in [0.15, 0.2) is 9.84 Å². The Labute approximate surface area is 140 Å². The number of nitrogens with one attached hydrogen (secondary N) is 1. The second-order valence-electron chi connectivity index (χ2n) is 6.56. The molecule has 1 atom stereocenters. The van der Waals surface area contributed by atoms with E-state index in [1.165, 1.54) is 21.3 Å². The van der Waals surface area contributed by atoms with Crippen LogP contribution in [0.1, 0.15) is 13.3 Å². The summed E-state index contributed by atoms with van der Waals surface area (Å²) in [5, 5.41) is 0. The molecule has 1 aromatic carbocycles. The highest BCUT2D eigenvalue weighted by Crippen LogP contribution is 2.26. The molecule has 0 saturated carbocycles. The third kappa shape index (κ3) is 2.78. The summed E-state index contributed by atoms with van der Waals surface area (Å²) in [7, 11) is -3.95. The van der Waals surface area contributed by atoms with Gasteiger partial charge in [-0.25, -0.2) is 26.4 Å². The molecular weight excluding hydrogens is 354 g/mol. The van der Waals surface area contributed by atoms with Gasteiger partial charge in [0.1, 0.15) is 0 Å². The van der Waals surface area contributed by atoms with Gasteiger partial charge in [0.05, 0.1) is 27.4 Å². The number of aryl methyl sites for hydroxylation is 2. The molecule has 0 bridgehead atoms. The van der Waals surface area contributed by atoms with E-state index in [4.69, 9.17) is 0 Å². The number of fused-ring (bicyclic) bond motifs is 1. The molecule has 0 amide bonds. The predicted octanol–water partition coefficient (Wildman–Crippen LogP) is -0.267. The van der Waals surface area contributed by atoms with Crippen molar-refractivity contribution in [3.8, 4) is 0 Å². The summed E-state index contributed by atoms with van der Waals surface area (Å²) in [5.74, 6) is -0.246. The lowest BCUT2D eigenvalue weighted by molar-refractivity contribution is 0.462.